The van der Waals surface area contributed by atoms with Gasteiger partial charge < -0.3 is 4.57 Å². The molecular formula is C13H10ClN3S. The van der Waals surface area contributed by atoms with Crippen LogP contribution in [-0.2, 0) is 6.54 Å². The van der Waals surface area contributed by atoms with Crippen LogP contribution in [0.15, 0.2) is 48.4 Å². The van der Waals surface area contributed by atoms with E-state index in [-0.39, 0.29) is 0 Å². The van der Waals surface area contributed by atoms with Gasteiger partial charge >= 0.3 is 0 Å². The normalized spacial score (nSPS) is 10.7. The zero-order chi connectivity index (χ0) is 12.4. The summed E-state index contributed by atoms with van der Waals surface area (Å²) in [5.41, 5.74) is 1.91. The van der Waals surface area contributed by atoms with Crippen molar-refractivity contribution in [3.05, 3.63) is 58.4 Å². The van der Waals surface area contributed by atoms with Crippen LogP contribution >= 0.6 is 22.9 Å². The summed E-state index contributed by atoms with van der Waals surface area (Å²) in [5.74, 6) is 0. The lowest BCUT2D eigenvalue weighted by atomic mass is 10.2. The second-order valence-corrected chi connectivity index (χ2v) is 5.19. The van der Waals surface area contributed by atoms with Crippen molar-refractivity contribution in [1.29, 1.82) is 0 Å². The third-order valence-corrected chi connectivity index (χ3v) is 3.74. The summed E-state index contributed by atoms with van der Waals surface area (Å²) in [4.78, 5) is 8.62. The Morgan fingerprint density at radius 2 is 2.17 bits per heavy atom. The van der Waals surface area contributed by atoms with Crippen molar-refractivity contribution < 1.29 is 0 Å². The second-order valence-electron chi connectivity index (χ2n) is 3.84. The maximum Gasteiger partial charge on any atom is 0.113 e. The molecule has 18 heavy (non-hydrogen) atoms. The Balaban J connectivity index is 1.88. The number of rotatable bonds is 3. The van der Waals surface area contributed by atoms with E-state index in [4.69, 9.17) is 11.6 Å². The molecule has 0 fully saturated rings. The molecule has 3 rings (SSSR count). The van der Waals surface area contributed by atoms with Gasteiger partial charge in [0, 0.05) is 28.4 Å². The molecule has 0 spiro atoms. The Morgan fingerprint density at radius 1 is 1.28 bits per heavy atom. The van der Waals surface area contributed by atoms with Gasteiger partial charge in [0.25, 0.3) is 0 Å². The Hall–Kier alpha value is -1.65. The Labute approximate surface area is 114 Å². The molecule has 0 aliphatic heterocycles. The molecule has 90 valence electrons. The van der Waals surface area contributed by atoms with E-state index in [1.807, 2.05) is 40.4 Å². The average Bonchev–Trinajstić information content (AvgIpc) is 3.02. The van der Waals surface area contributed by atoms with Crippen LogP contribution in [0, 0.1) is 0 Å². The van der Waals surface area contributed by atoms with Crippen molar-refractivity contribution in [3.8, 4) is 11.3 Å². The lowest BCUT2D eigenvalue weighted by Gasteiger charge is -1.99. The maximum absolute atomic E-state index is 6.16. The molecular weight excluding hydrogens is 266 g/mol. The van der Waals surface area contributed by atoms with Crippen LogP contribution in [0.2, 0.25) is 5.02 Å². The highest BCUT2D eigenvalue weighted by atomic mass is 35.5. The summed E-state index contributed by atoms with van der Waals surface area (Å²) in [6.45, 7) is 0.745. The first-order valence-electron chi connectivity index (χ1n) is 5.48. The van der Waals surface area contributed by atoms with Gasteiger partial charge in [-0.05, 0) is 6.07 Å². The Kier molecular flexibility index (Phi) is 3.13. The molecule has 2 heterocycles. The van der Waals surface area contributed by atoms with E-state index in [9.17, 15) is 0 Å². The predicted molar refractivity (Wildman–Crippen MR) is 73.9 cm³/mol. The number of benzene rings is 1. The third kappa shape index (κ3) is 2.30. The standard InChI is InChI=1S/C13H10ClN3S/c14-11-4-2-1-3-10(11)12-8-18-13(16-12)7-17-6-5-15-9-17/h1-6,8-9H,7H2. The molecule has 0 bridgehead atoms. The summed E-state index contributed by atoms with van der Waals surface area (Å²) in [6.07, 6.45) is 5.48. The zero-order valence-corrected chi connectivity index (χ0v) is 11.0. The first-order chi connectivity index (χ1) is 8.83. The van der Waals surface area contributed by atoms with E-state index in [1.54, 1.807) is 23.9 Å². The molecule has 0 saturated heterocycles. The van der Waals surface area contributed by atoms with E-state index < -0.39 is 0 Å². The fourth-order valence-electron chi connectivity index (χ4n) is 1.71. The molecule has 1 aromatic carbocycles. The maximum atomic E-state index is 6.16. The van der Waals surface area contributed by atoms with Gasteiger partial charge in [0.1, 0.15) is 5.01 Å². The topological polar surface area (TPSA) is 30.7 Å². The fraction of sp³-hybridized carbons (Fsp3) is 0.0769. The van der Waals surface area contributed by atoms with Gasteiger partial charge in [-0.2, -0.15) is 0 Å². The van der Waals surface area contributed by atoms with Crippen LogP contribution in [0.1, 0.15) is 5.01 Å². The summed E-state index contributed by atoms with van der Waals surface area (Å²) in [7, 11) is 0. The van der Waals surface area contributed by atoms with Gasteiger partial charge in [-0.15, -0.1) is 11.3 Å². The van der Waals surface area contributed by atoms with Crippen molar-refractivity contribution in [2.24, 2.45) is 0 Å². The molecule has 0 radical (unpaired) electrons. The van der Waals surface area contributed by atoms with Gasteiger partial charge in [-0.25, -0.2) is 9.97 Å². The molecule has 0 unspecified atom stereocenters. The minimum Gasteiger partial charge on any atom is -0.331 e. The van der Waals surface area contributed by atoms with Crippen LogP contribution in [0.25, 0.3) is 11.3 Å². The predicted octanol–water partition coefficient (Wildman–Crippen LogP) is 3.71. The fourth-order valence-corrected chi connectivity index (χ4v) is 2.75. The lowest BCUT2D eigenvalue weighted by Crippen LogP contribution is -1.95. The van der Waals surface area contributed by atoms with E-state index in [0.29, 0.717) is 0 Å². The molecule has 3 aromatic rings. The van der Waals surface area contributed by atoms with E-state index in [1.165, 1.54) is 0 Å². The summed E-state index contributed by atoms with van der Waals surface area (Å²) < 4.78 is 2.00. The Bertz CT molecular complexity index is 646. The van der Waals surface area contributed by atoms with Crippen LogP contribution in [-0.4, -0.2) is 14.5 Å². The van der Waals surface area contributed by atoms with Gasteiger partial charge in [0.05, 0.1) is 18.6 Å². The highest BCUT2D eigenvalue weighted by Crippen LogP contribution is 2.28. The Morgan fingerprint density at radius 3 is 2.94 bits per heavy atom. The summed E-state index contributed by atoms with van der Waals surface area (Å²) in [6, 6.07) is 7.75. The van der Waals surface area contributed by atoms with Gasteiger partial charge in [-0.3, -0.25) is 0 Å². The van der Waals surface area contributed by atoms with Crippen LogP contribution < -0.4 is 0 Å². The monoisotopic (exact) mass is 275 g/mol. The number of aromatic nitrogens is 3. The summed E-state index contributed by atoms with van der Waals surface area (Å²) in [5, 5.41) is 3.81. The molecule has 5 heteroatoms. The number of imidazole rings is 1. The minimum absolute atomic E-state index is 0.733. The number of thiazole rings is 1. The van der Waals surface area contributed by atoms with Gasteiger partial charge in [0.15, 0.2) is 0 Å². The second kappa shape index (κ2) is 4.92. The molecule has 0 atom stereocenters. The van der Waals surface area contributed by atoms with Crippen LogP contribution in [0.4, 0.5) is 0 Å². The van der Waals surface area contributed by atoms with E-state index in [2.05, 4.69) is 9.97 Å². The molecule has 2 aromatic heterocycles. The third-order valence-electron chi connectivity index (χ3n) is 2.58. The number of halogens is 1. The van der Waals surface area contributed by atoms with E-state index >= 15 is 0 Å². The smallest absolute Gasteiger partial charge is 0.113 e. The molecule has 3 nitrogen and oxygen atoms in total. The van der Waals surface area contributed by atoms with Crippen molar-refractivity contribution >= 4 is 22.9 Å². The minimum atomic E-state index is 0.733. The SMILES string of the molecule is Clc1ccccc1-c1csc(Cn2ccnc2)n1. The first-order valence-corrected chi connectivity index (χ1v) is 6.74. The lowest BCUT2D eigenvalue weighted by molar-refractivity contribution is 0.791. The van der Waals surface area contributed by atoms with Crippen LogP contribution in [0.3, 0.4) is 0 Å². The van der Waals surface area contributed by atoms with Crippen molar-refractivity contribution in [1.82, 2.24) is 14.5 Å². The number of hydrogen-bond donors (Lipinski definition) is 0. The molecule has 0 aliphatic rings. The van der Waals surface area contributed by atoms with Crippen molar-refractivity contribution in [2.75, 3.05) is 0 Å². The highest BCUT2D eigenvalue weighted by molar-refractivity contribution is 7.09. The molecule has 0 N–H and O–H groups in total. The van der Waals surface area contributed by atoms with Gasteiger partial charge in [0.2, 0.25) is 0 Å². The largest absolute Gasteiger partial charge is 0.331 e. The first kappa shape index (κ1) is 11.4. The zero-order valence-electron chi connectivity index (χ0n) is 9.45. The van der Waals surface area contributed by atoms with Gasteiger partial charge in [-0.1, -0.05) is 29.8 Å². The molecule has 0 aliphatic carbocycles. The highest BCUT2D eigenvalue weighted by Gasteiger charge is 2.07. The average molecular weight is 276 g/mol. The van der Waals surface area contributed by atoms with E-state index in [0.717, 1.165) is 27.8 Å². The van der Waals surface area contributed by atoms with Crippen LogP contribution in [0.5, 0.6) is 0 Å². The molecule has 0 saturated carbocycles. The molecule has 0 amide bonds. The number of hydrogen-bond acceptors (Lipinski definition) is 3. The number of nitrogens with zero attached hydrogens (tertiary/aromatic N) is 3. The quantitative estimate of drug-likeness (QED) is 0.730. The summed E-state index contributed by atoms with van der Waals surface area (Å²) >= 11 is 7.79. The van der Waals surface area contributed by atoms with Crippen molar-refractivity contribution in [3.63, 3.8) is 0 Å². The van der Waals surface area contributed by atoms with Crippen molar-refractivity contribution in [2.45, 2.75) is 6.54 Å².